The first-order valence-corrected chi connectivity index (χ1v) is 13.0. The molecule has 0 radical (unpaired) electrons. The van der Waals surface area contributed by atoms with Crippen molar-refractivity contribution in [3.05, 3.63) is 95.0 Å². The van der Waals surface area contributed by atoms with Gasteiger partial charge in [0.25, 0.3) is 0 Å². The lowest BCUT2D eigenvalue weighted by Crippen LogP contribution is -2.48. The van der Waals surface area contributed by atoms with Crippen molar-refractivity contribution in [1.29, 1.82) is 0 Å². The van der Waals surface area contributed by atoms with Crippen molar-refractivity contribution in [2.24, 2.45) is 0 Å². The molecule has 4 rings (SSSR count). The SMILES string of the molecule is S=C(Nc1ccc(CSc2ccccc2)cc1)NC1(CCc2ccc(Cl)cc2)CCCC1. The molecule has 0 atom stereocenters. The molecule has 0 heterocycles. The number of benzene rings is 3. The predicted molar refractivity (Wildman–Crippen MR) is 143 cm³/mol. The second-order valence-electron chi connectivity index (χ2n) is 8.49. The van der Waals surface area contributed by atoms with Gasteiger partial charge < -0.3 is 10.6 Å². The Kier molecular flexibility index (Phi) is 8.12. The van der Waals surface area contributed by atoms with Crippen LogP contribution in [0.25, 0.3) is 0 Å². The highest BCUT2D eigenvalue weighted by Gasteiger charge is 2.34. The number of anilines is 1. The fourth-order valence-corrected chi connectivity index (χ4v) is 5.63. The van der Waals surface area contributed by atoms with Crippen molar-refractivity contribution in [1.82, 2.24) is 5.32 Å². The fraction of sp³-hybridized carbons (Fsp3) is 0.296. The van der Waals surface area contributed by atoms with Gasteiger partial charge in [-0.3, -0.25) is 0 Å². The van der Waals surface area contributed by atoms with Gasteiger partial charge in [0, 0.05) is 26.9 Å². The third kappa shape index (κ3) is 6.74. The van der Waals surface area contributed by atoms with Crippen molar-refractivity contribution in [3.63, 3.8) is 0 Å². The molecule has 32 heavy (non-hydrogen) atoms. The summed E-state index contributed by atoms with van der Waals surface area (Å²) in [6, 6.07) is 27.3. The minimum absolute atomic E-state index is 0.0793. The Balaban J connectivity index is 1.29. The summed E-state index contributed by atoms with van der Waals surface area (Å²) in [5.41, 5.74) is 3.74. The molecule has 3 aromatic carbocycles. The molecule has 0 saturated heterocycles. The van der Waals surface area contributed by atoms with Crippen molar-refractivity contribution in [2.75, 3.05) is 5.32 Å². The van der Waals surface area contributed by atoms with Gasteiger partial charge in [0.1, 0.15) is 0 Å². The van der Waals surface area contributed by atoms with E-state index in [9.17, 15) is 0 Å². The Morgan fingerprint density at radius 2 is 1.53 bits per heavy atom. The van der Waals surface area contributed by atoms with Crippen molar-refractivity contribution in [3.8, 4) is 0 Å². The van der Waals surface area contributed by atoms with E-state index >= 15 is 0 Å². The number of hydrogen-bond donors (Lipinski definition) is 2. The maximum absolute atomic E-state index is 6.03. The topological polar surface area (TPSA) is 24.1 Å². The molecule has 0 amide bonds. The van der Waals surface area contributed by atoms with E-state index in [4.69, 9.17) is 23.8 Å². The Labute approximate surface area is 206 Å². The van der Waals surface area contributed by atoms with Crippen LogP contribution in [0.15, 0.2) is 83.8 Å². The third-order valence-corrected chi connectivity index (χ3v) is 7.64. The zero-order valence-electron chi connectivity index (χ0n) is 18.1. The van der Waals surface area contributed by atoms with E-state index in [1.54, 1.807) is 0 Å². The number of halogens is 1. The van der Waals surface area contributed by atoms with Gasteiger partial charge in [0.2, 0.25) is 0 Å². The fourth-order valence-electron chi connectivity index (χ4n) is 4.29. The molecule has 0 unspecified atom stereocenters. The lowest BCUT2D eigenvalue weighted by Gasteiger charge is -2.32. The standard InChI is InChI=1S/C27H29ClN2S2/c28-23-12-8-21(9-13-23)16-19-27(17-4-5-18-27)30-26(31)29-24-14-10-22(11-15-24)20-32-25-6-2-1-3-7-25/h1-3,6-15H,4-5,16-20H2,(H2,29,30,31). The molecule has 2 N–H and O–H groups in total. The molecular weight excluding hydrogens is 452 g/mol. The summed E-state index contributed by atoms with van der Waals surface area (Å²) in [7, 11) is 0. The van der Waals surface area contributed by atoms with Gasteiger partial charge in [-0.05, 0) is 85.4 Å². The van der Waals surface area contributed by atoms with Gasteiger partial charge in [-0.2, -0.15) is 0 Å². The van der Waals surface area contributed by atoms with Crippen LogP contribution in [-0.4, -0.2) is 10.7 Å². The van der Waals surface area contributed by atoms with E-state index < -0.39 is 0 Å². The third-order valence-electron chi connectivity index (χ3n) is 6.11. The van der Waals surface area contributed by atoms with Crippen LogP contribution in [0, 0.1) is 0 Å². The van der Waals surface area contributed by atoms with Crippen LogP contribution in [-0.2, 0) is 12.2 Å². The van der Waals surface area contributed by atoms with Gasteiger partial charge in [0.15, 0.2) is 5.11 Å². The minimum Gasteiger partial charge on any atom is -0.357 e. The maximum atomic E-state index is 6.03. The first-order valence-electron chi connectivity index (χ1n) is 11.2. The first kappa shape index (κ1) is 23.2. The van der Waals surface area contributed by atoms with E-state index in [2.05, 4.69) is 77.4 Å². The van der Waals surface area contributed by atoms with Crippen molar-refractivity contribution >= 4 is 46.4 Å². The van der Waals surface area contributed by atoms with Crippen LogP contribution in [0.4, 0.5) is 5.69 Å². The summed E-state index contributed by atoms with van der Waals surface area (Å²) < 4.78 is 0. The molecule has 1 saturated carbocycles. The number of aryl methyl sites for hydroxylation is 1. The van der Waals surface area contributed by atoms with Gasteiger partial charge >= 0.3 is 0 Å². The summed E-state index contributed by atoms with van der Waals surface area (Å²) in [5, 5.41) is 8.58. The highest BCUT2D eigenvalue weighted by atomic mass is 35.5. The smallest absolute Gasteiger partial charge is 0.171 e. The molecular formula is C27H29ClN2S2. The van der Waals surface area contributed by atoms with Crippen molar-refractivity contribution < 1.29 is 0 Å². The van der Waals surface area contributed by atoms with Crippen LogP contribution >= 0.6 is 35.6 Å². The molecule has 1 fully saturated rings. The van der Waals surface area contributed by atoms with Crippen LogP contribution in [0.1, 0.15) is 43.2 Å². The number of nitrogens with one attached hydrogen (secondary N) is 2. The quantitative estimate of drug-likeness (QED) is 0.253. The second kappa shape index (κ2) is 11.2. The Bertz CT molecular complexity index is 998. The summed E-state index contributed by atoms with van der Waals surface area (Å²) in [6.45, 7) is 0. The maximum Gasteiger partial charge on any atom is 0.171 e. The first-order chi connectivity index (χ1) is 15.6. The second-order valence-corrected chi connectivity index (χ2v) is 10.4. The van der Waals surface area contributed by atoms with Gasteiger partial charge in [0.05, 0.1) is 0 Å². The lowest BCUT2D eigenvalue weighted by molar-refractivity contribution is 0.362. The zero-order valence-corrected chi connectivity index (χ0v) is 20.5. The van der Waals surface area contributed by atoms with E-state index in [1.807, 2.05) is 23.9 Å². The lowest BCUT2D eigenvalue weighted by atomic mass is 9.89. The minimum atomic E-state index is 0.0793. The van der Waals surface area contributed by atoms with Gasteiger partial charge in [-0.15, -0.1) is 11.8 Å². The van der Waals surface area contributed by atoms with Crippen LogP contribution in [0.5, 0.6) is 0 Å². The molecule has 0 aliphatic heterocycles. The molecule has 0 spiro atoms. The van der Waals surface area contributed by atoms with E-state index in [1.165, 1.54) is 28.9 Å². The molecule has 0 aromatic heterocycles. The molecule has 166 valence electrons. The Morgan fingerprint density at radius 3 is 2.22 bits per heavy atom. The summed E-state index contributed by atoms with van der Waals surface area (Å²) in [5.74, 6) is 0.959. The average molecular weight is 481 g/mol. The summed E-state index contributed by atoms with van der Waals surface area (Å²) in [6.07, 6.45) is 6.94. The average Bonchev–Trinajstić information content (AvgIpc) is 3.27. The largest absolute Gasteiger partial charge is 0.357 e. The van der Waals surface area contributed by atoms with Crippen molar-refractivity contribution in [2.45, 2.75) is 54.7 Å². The molecule has 5 heteroatoms. The number of thioether (sulfide) groups is 1. The van der Waals surface area contributed by atoms with Crippen LogP contribution < -0.4 is 10.6 Å². The number of rotatable bonds is 8. The van der Waals surface area contributed by atoms with Gasteiger partial charge in [-0.25, -0.2) is 0 Å². The highest BCUT2D eigenvalue weighted by Crippen LogP contribution is 2.34. The summed E-state index contributed by atoms with van der Waals surface area (Å²) >= 11 is 13.6. The van der Waals surface area contributed by atoms with Crippen LogP contribution in [0.3, 0.4) is 0 Å². The highest BCUT2D eigenvalue weighted by molar-refractivity contribution is 7.98. The zero-order chi connectivity index (χ0) is 22.2. The Morgan fingerprint density at radius 1 is 0.875 bits per heavy atom. The number of thiocarbonyl (C=S) groups is 1. The van der Waals surface area contributed by atoms with E-state index in [-0.39, 0.29) is 5.54 Å². The summed E-state index contributed by atoms with van der Waals surface area (Å²) in [4.78, 5) is 1.29. The normalized spacial score (nSPS) is 14.8. The van der Waals surface area contributed by atoms with Gasteiger partial charge in [-0.1, -0.05) is 66.9 Å². The molecule has 1 aliphatic rings. The molecule has 3 aromatic rings. The van der Waals surface area contributed by atoms with E-state index in [0.29, 0.717) is 0 Å². The molecule has 0 bridgehead atoms. The Hall–Kier alpha value is -2.01. The molecule has 1 aliphatic carbocycles. The molecule has 2 nitrogen and oxygen atoms in total. The van der Waals surface area contributed by atoms with Crippen LogP contribution in [0.2, 0.25) is 5.02 Å². The predicted octanol–water partition coefficient (Wildman–Crippen LogP) is 7.86. The van der Waals surface area contributed by atoms with E-state index in [0.717, 1.165) is 47.3 Å². The monoisotopic (exact) mass is 480 g/mol. The number of hydrogen-bond acceptors (Lipinski definition) is 2.